The molecule has 0 fully saturated rings. The van der Waals surface area contributed by atoms with Gasteiger partial charge in [-0.05, 0) is 55.9 Å². The van der Waals surface area contributed by atoms with Gasteiger partial charge in [-0.15, -0.1) is 0 Å². The predicted octanol–water partition coefficient (Wildman–Crippen LogP) is 2.74. The summed E-state index contributed by atoms with van der Waals surface area (Å²) in [5.74, 6) is 0.202. The predicted molar refractivity (Wildman–Crippen MR) is 102 cm³/mol. The Labute approximate surface area is 160 Å². The monoisotopic (exact) mass is 394 g/mol. The lowest BCUT2D eigenvalue weighted by molar-refractivity contribution is 0.0600. The summed E-state index contributed by atoms with van der Waals surface area (Å²) in [6, 6.07) is 7.79. The molecule has 1 atom stereocenters. The first kappa shape index (κ1) is 21.1. The Morgan fingerprint density at radius 1 is 1.26 bits per heavy atom. The van der Waals surface area contributed by atoms with Crippen LogP contribution in [0.15, 0.2) is 45.9 Å². The van der Waals surface area contributed by atoms with Crippen molar-refractivity contribution in [1.29, 1.82) is 0 Å². The van der Waals surface area contributed by atoms with Gasteiger partial charge >= 0.3 is 5.97 Å². The SMILES string of the molecule is CCN(CC)C(CNS(=O)(=O)c1ccc(C(=O)OC)cc1C)c1ccco1. The number of esters is 1. The van der Waals surface area contributed by atoms with E-state index < -0.39 is 16.0 Å². The molecule has 8 heteroatoms. The van der Waals surface area contributed by atoms with Crippen LogP contribution in [0.2, 0.25) is 0 Å². The van der Waals surface area contributed by atoms with Gasteiger partial charge in [0.15, 0.2) is 0 Å². The highest BCUT2D eigenvalue weighted by atomic mass is 32.2. The molecule has 0 saturated carbocycles. The molecule has 0 radical (unpaired) electrons. The Bertz CT molecular complexity index is 858. The highest BCUT2D eigenvalue weighted by Gasteiger charge is 2.25. The van der Waals surface area contributed by atoms with Crippen LogP contribution in [0.25, 0.3) is 0 Å². The number of carbonyl (C=O) groups is 1. The van der Waals surface area contributed by atoms with Crippen molar-refractivity contribution in [2.75, 3.05) is 26.7 Å². The third kappa shape index (κ3) is 4.97. The van der Waals surface area contributed by atoms with E-state index in [0.717, 1.165) is 13.1 Å². The van der Waals surface area contributed by atoms with Crippen molar-refractivity contribution in [3.05, 3.63) is 53.5 Å². The standard InChI is InChI=1S/C19H26N2O5S/c1-5-21(6-2)16(17-8-7-11-26-17)13-20-27(23,24)18-10-9-15(12-14(18)3)19(22)25-4/h7-12,16,20H,5-6,13H2,1-4H3. The minimum Gasteiger partial charge on any atom is -0.468 e. The fourth-order valence-corrected chi connectivity index (χ4v) is 4.28. The lowest BCUT2D eigenvalue weighted by atomic mass is 10.1. The summed E-state index contributed by atoms with van der Waals surface area (Å²) in [5.41, 5.74) is 0.786. The second-order valence-electron chi connectivity index (χ2n) is 6.08. The van der Waals surface area contributed by atoms with E-state index in [-0.39, 0.29) is 17.5 Å². The number of rotatable bonds is 9. The van der Waals surface area contributed by atoms with Crippen molar-refractivity contribution < 1.29 is 22.4 Å². The van der Waals surface area contributed by atoms with Crippen LogP contribution in [0.5, 0.6) is 0 Å². The highest BCUT2D eigenvalue weighted by Crippen LogP contribution is 2.22. The number of furan rings is 1. The summed E-state index contributed by atoms with van der Waals surface area (Å²) in [7, 11) is -2.46. The van der Waals surface area contributed by atoms with Crippen LogP contribution in [0.4, 0.5) is 0 Å². The molecular weight excluding hydrogens is 368 g/mol. The van der Waals surface area contributed by atoms with Crippen LogP contribution in [0.3, 0.4) is 0 Å². The summed E-state index contributed by atoms with van der Waals surface area (Å²) < 4.78 is 38.4. The number of ether oxygens (including phenoxy) is 1. The fourth-order valence-electron chi connectivity index (χ4n) is 3.02. The third-order valence-electron chi connectivity index (χ3n) is 4.48. The van der Waals surface area contributed by atoms with Gasteiger partial charge in [0.2, 0.25) is 10.0 Å². The van der Waals surface area contributed by atoms with Crippen molar-refractivity contribution in [3.63, 3.8) is 0 Å². The molecule has 0 amide bonds. The van der Waals surface area contributed by atoms with Gasteiger partial charge in [0.1, 0.15) is 5.76 Å². The van der Waals surface area contributed by atoms with Gasteiger partial charge < -0.3 is 9.15 Å². The molecule has 0 aliphatic carbocycles. The van der Waals surface area contributed by atoms with E-state index in [9.17, 15) is 13.2 Å². The molecular formula is C19H26N2O5S. The quantitative estimate of drug-likeness (QED) is 0.658. The van der Waals surface area contributed by atoms with Crippen molar-refractivity contribution in [1.82, 2.24) is 9.62 Å². The number of nitrogens with one attached hydrogen (secondary N) is 1. The number of sulfonamides is 1. The molecule has 2 rings (SSSR count). The van der Waals surface area contributed by atoms with Gasteiger partial charge in [0.25, 0.3) is 0 Å². The van der Waals surface area contributed by atoms with Crippen LogP contribution in [0, 0.1) is 6.92 Å². The molecule has 7 nitrogen and oxygen atoms in total. The second kappa shape index (κ2) is 9.16. The number of carbonyl (C=O) groups excluding carboxylic acids is 1. The van der Waals surface area contributed by atoms with E-state index in [2.05, 4.69) is 14.4 Å². The highest BCUT2D eigenvalue weighted by molar-refractivity contribution is 7.89. The van der Waals surface area contributed by atoms with E-state index in [4.69, 9.17) is 4.42 Å². The number of hydrogen-bond acceptors (Lipinski definition) is 6. The van der Waals surface area contributed by atoms with Gasteiger partial charge in [-0.3, -0.25) is 4.90 Å². The molecule has 1 aromatic carbocycles. The minimum atomic E-state index is -3.75. The maximum atomic E-state index is 12.8. The van der Waals surface area contributed by atoms with Crippen molar-refractivity contribution in [3.8, 4) is 0 Å². The molecule has 2 aromatic rings. The fraction of sp³-hybridized carbons (Fsp3) is 0.421. The minimum absolute atomic E-state index is 0.132. The third-order valence-corrected chi connectivity index (χ3v) is 6.06. The number of likely N-dealkylation sites (N-methyl/N-ethyl adjacent to an activating group) is 1. The number of benzene rings is 1. The Balaban J connectivity index is 2.23. The van der Waals surface area contributed by atoms with Gasteiger partial charge in [-0.1, -0.05) is 13.8 Å². The molecule has 0 saturated heterocycles. The zero-order valence-electron chi connectivity index (χ0n) is 16.1. The van der Waals surface area contributed by atoms with E-state index in [1.54, 1.807) is 19.3 Å². The van der Waals surface area contributed by atoms with E-state index in [1.165, 1.54) is 25.3 Å². The van der Waals surface area contributed by atoms with Crippen LogP contribution in [-0.4, -0.2) is 46.0 Å². The van der Waals surface area contributed by atoms with E-state index in [1.807, 2.05) is 19.9 Å². The lowest BCUT2D eigenvalue weighted by Gasteiger charge is -2.28. The first-order valence-corrected chi connectivity index (χ1v) is 10.3. The van der Waals surface area contributed by atoms with Crippen LogP contribution >= 0.6 is 0 Å². The molecule has 1 aromatic heterocycles. The summed E-state index contributed by atoms with van der Waals surface area (Å²) in [6.07, 6.45) is 1.58. The molecule has 148 valence electrons. The summed E-state index contributed by atoms with van der Waals surface area (Å²) in [6.45, 7) is 7.38. The lowest BCUT2D eigenvalue weighted by Crippen LogP contribution is -2.38. The van der Waals surface area contributed by atoms with Crippen LogP contribution in [0.1, 0.15) is 41.6 Å². The Kier molecular flexibility index (Phi) is 7.18. The summed E-state index contributed by atoms with van der Waals surface area (Å²) in [4.78, 5) is 13.9. The average Bonchev–Trinajstić information content (AvgIpc) is 3.18. The topological polar surface area (TPSA) is 88.9 Å². The van der Waals surface area contributed by atoms with Crippen molar-refractivity contribution >= 4 is 16.0 Å². The number of aryl methyl sites for hydroxylation is 1. The van der Waals surface area contributed by atoms with Crippen molar-refractivity contribution in [2.45, 2.75) is 31.7 Å². The molecule has 27 heavy (non-hydrogen) atoms. The molecule has 0 spiro atoms. The Morgan fingerprint density at radius 3 is 2.48 bits per heavy atom. The Hall–Kier alpha value is -2.16. The van der Waals surface area contributed by atoms with E-state index in [0.29, 0.717) is 16.9 Å². The van der Waals surface area contributed by atoms with Gasteiger partial charge in [0, 0.05) is 6.54 Å². The largest absolute Gasteiger partial charge is 0.468 e. The second-order valence-corrected chi connectivity index (χ2v) is 7.81. The maximum Gasteiger partial charge on any atom is 0.337 e. The molecule has 0 aliphatic heterocycles. The first-order chi connectivity index (χ1) is 12.8. The average molecular weight is 394 g/mol. The van der Waals surface area contributed by atoms with E-state index >= 15 is 0 Å². The molecule has 0 aliphatic rings. The molecule has 1 N–H and O–H groups in total. The summed E-state index contributed by atoms with van der Waals surface area (Å²) in [5, 5.41) is 0. The smallest absolute Gasteiger partial charge is 0.337 e. The zero-order chi connectivity index (χ0) is 20.0. The van der Waals surface area contributed by atoms with Gasteiger partial charge in [-0.25, -0.2) is 17.9 Å². The zero-order valence-corrected chi connectivity index (χ0v) is 16.9. The Morgan fingerprint density at radius 2 is 1.96 bits per heavy atom. The van der Waals surface area contributed by atoms with Crippen LogP contribution < -0.4 is 4.72 Å². The number of hydrogen-bond donors (Lipinski definition) is 1. The van der Waals surface area contributed by atoms with Crippen molar-refractivity contribution in [2.24, 2.45) is 0 Å². The van der Waals surface area contributed by atoms with Gasteiger partial charge in [-0.2, -0.15) is 0 Å². The first-order valence-electron chi connectivity index (χ1n) is 8.80. The summed E-state index contributed by atoms with van der Waals surface area (Å²) >= 11 is 0. The molecule has 1 heterocycles. The van der Waals surface area contributed by atoms with Crippen LogP contribution in [-0.2, 0) is 14.8 Å². The normalized spacial score (nSPS) is 12.9. The number of methoxy groups -OCH3 is 1. The number of nitrogens with zero attached hydrogens (tertiary/aromatic N) is 1. The molecule has 0 bridgehead atoms. The maximum absolute atomic E-state index is 12.8. The van der Waals surface area contributed by atoms with Gasteiger partial charge in [0.05, 0.1) is 29.9 Å². The molecule has 1 unspecified atom stereocenters.